The van der Waals surface area contributed by atoms with Gasteiger partial charge in [-0.25, -0.2) is 0 Å². The zero-order valence-corrected chi connectivity index (χ0v) is 13.2. The van der Waals surface area contributed by atoms with Gasteiger partial charge >= 0.3 is 0 Å². The summed E-state index contributed by atoms with van der Waals surface area (Å²) in [7, 11) is 0. The van der Waals surface area contributed by atoms with Crippen molar-refractivity contribution in [3.8, 4) is 0 Å². The molecule has 0 unspecified atom stereocenters. The van der Waals surface area contributed by atoms with Gasteiger partial charge in [-0.2, -0.15) is 5.10 Å². The molecule has 0 saturated carbocycles. The Morgan fingerprint density at radius 2 is 2.23 bits per heavy atom. The van der Waals surface area contributed by atoms with Gasteiger partial charge in [-0.3, -0.25) is 9.89 Å². The minimum Gasteiger partial charge on any atom is -0.370 e. The van der Waals surface area contributed by atoms with Crippen molar-refractivity contribution in [3.63, 3.8) is 0 Å². The van der Waals surface area contributed by atoms with E-state index in [4.69, 9.17) is 4.74 Å². The Morgan fingerprint density at radius 1 is 1.41 bits per heavy atom. The number of H-pyrrole nitrogens is 1. The molecule has 1 aromatic heterocycles. The van der Waals surface area contributed by atoms with Crippen LogP contribution in [0.4, 0.5) is 0 Å². The van der Waals surface area contributed by atoms with Gasteiger partial charge in [0, 0.05) is 6.20 Å². The Kier molecular flexibility index (Phi) is 3.98. The van der Waals surface area contributed by atoms with E-state index in [0.29, 0.717) is 18.7 Å². The molecule has 1 aliphatic rings. The second kappa shape index (κ2) is 5.93. The van der Waals surface area contributed by atoms with E-state index in [1.165, 1.54) is 11.1 Å². The molecule has 1 amide bonds. The number of nitrogens with zero attached hydrogens (tertiary/aromatic N) is 2. The Morgan fingerprint density at radius 3 is 2.95 bits per heavy atom. The van der Waals surface area contributed by atoms with Crippen molar-refractivity contribution in [1.29, 1.82) is 0 Å². The molecule has 0 aliphatic carbocycles. The zero-order valence-electron chi connectivity index (χ0n) is 13.2. The Hall–Kier alpha value is -2.14. The standard InChI is InChI=1S/C17H21N3O2/c1-11-4-5-12(2)15(6-11)16-9-20(13(3)10-22-16)17(21)14-7-18-19-8-14/h4-8,13,16H,9-10H2,1-3H3,(H,18,19)/t13-,16+/m1/s1. The van der Waals surface area contributed by atoms with Crippen molar-refractivity contribution in [2.45, 2.75) is 32.9 Å². The molecule has 1 saturated heterocycles. The maximum absolute atomic E-state index is 12.6. The molecule has 0 radical (unpaired) electrons. The highest BCUT2D eigenvalue weighted by atomic mass is 16.5. The fourth-order valence-electron chi connectivity index (χ4n) is 2.87. The monoisotopic (exact) mass is 299 g/mol. The molecule has 2 heterocycles. The predicted molar refractivity (Wildman–Crippen MR) is 83.7 cm³/mol. The van der Waals surface area contributed by atoms with E-state index in [2.05, 4.69) is 42.2 Å². The van der Waals surface area contributed by atoms with E-state index in [1.54, 1.807) is 12.4 Å². The molecule has 1 aliphatic heterocycles. The number of morpholine rings is 1. The molecule has 1 fully saturated rings. The fourth-order valence-corrected chi connectivity index (χ4v) is 2.87. The zero-order chi connectivity index (χ0) is 15.7. The smallest absolute Gasteiger partial charge is 0.257 e. The van der Waals surface area contributed by atoms with Gasteiger partial charge in [-0.05, 0) is 31.9 Å². The maximum Gasteiger partial charge on any atom is 0.257 e. The average Bonchev–Trinajstić information content (AvgIpc) is 3.04. The number of ether oxygens (including phenoxy) is 1. The summed E-state index contributed by atoms with van der Waals surface area (Å²) < 4.78 is 5.99. The first kappa shape index (κ1) is 14.8. The first-order valence-electron chi connectivity index (χ1n) is 7.54. The topological polar surface area (TPSA) is 58.2 Å². The van der Waals surface area contributed by atoms with Crippen LogP contribution >= 0.6 is 0 Å². The lowest BCUT2D eigenvalue weighted by atomic mass is 9.98. The van der Waals surface area contributed by atoms with Gasteiger partial charge in [0.15, 0.2) is 0 Å². The molecule has 2 aromatic rings. The number of aromatic amines is 1. The highest BCUT2D eigenvalue weighted by Crippen LogP contribution is 2.28. The number of nitrogens with one attached hydrogen (secondary N) is 1. The van der Waals surface area contributed by atoms with Crippen LogP contribution in [0.5, 0.6) is 0 Å². The second-order valence-corrected chi connectivity index (χ2v) is 5.98. The largest absolute Gasteiger partial charge is 0.370 e. The summed E-state index contributed by atoms with van der Waals surface area (Å²) in [5, 5.41) is 6.56. The second-order valence-electron chi connectivity index (χ2n) is 5.98. The SMILES string of the molecule is Cc1ccc(C)c([C@@H]2CN(C(=O)c3cn[nH]c3)[C@H](C)CO2)c1. The number of hydrogen-bond donors (Lipinski definition) is 1. The van der Waals surface area contributed by atoms with Gasteiger partial charge in [-0.15, -0.1) is 0 Å². The van der Waals surface area contributed by atoms with Crippen molar-refractivity contribution in [2.24, 2.45) is 0 Å². The summed E-state index contributed by atoms with van der Waals surface area (Å²) in [5.41, 5.74) is 4.15. The third-order valence-corrected chi connectivity index (χ3v) is 4.22. The molecular weight excluding hydrogens is 278 g/mol. The molecule has 3 rings (SSSR count). The van der Waals surface area contributed by atoms with Gasteiger partial charge in [0.1, 0.15) is 6.10 Å². The number of rotatable bonds is 2. The van der Waals surface area contributed by atoms with Crippen LogP contribution in [0.1, 0.15) is 40.1 Å². The lowest BCUT2D eigenvalue weighted by molar-refractivity contribution is -0.0489. The Labute approximate surface area is 130 Å². The van der Waals surface area contributed by atoms with Crippen LogP contribution in [0, 0.1) is 13.8 Å². The quantitative estimate of drug-likeness (QED) is 0.927. The molecule has 0 spiro atoms. The number of hydrogen-bond acceptors (Lipinski definition) is 3. The van der Waals surface area contributed by atoms with Crippen molar-refractivity contribution in [2.75, 3.05) is 13.2 Å². The molecule has 22 heavy (non-hydrogen) atoms. The van der Waals surface area contributed by atoms with Crippen molar-refractivity contribution >= 4 is 5.91 Å². The van der Waals surface area contributed by atoms with Crippen LogP contribution < -0.4 is 0 Å². The minimum atomic E-state index is -0.0769. The van der Waals surface area contributed by atoms with Gasteiger partial charge < -0.3 is 9.64 Å². The number of carbonyl (C=O) groups excluding carboxylic acids is 1. The van der Waals surface area contributed by atoms with E-state index in [-0.39, 0.29) is 18.1 Å². The van der Waals surface area contributed by atoms with Gasteiger partial charge in [0.05, 0.1) is 31.0 Å². The van der Waals surface area contributed by atoms with E-state index in [0.717, 1.165) is 5.56 Å². The predicted octanol–water partition coefficient (Wildman–Crippen LogP) is 2.63. The summed E-state index contributed by atoms with van der Waals surface area (Å²) in [4.78, 5) is 14.5. The first-order chi connectivity index (χ1) is 10.6. The molecule has 1 N–H and O–H groups in total. The van der Waals surface area contributed by atoms with Crippen LogP contribution in [0.15, 0.2) is 30.6 Å². The van der Waals surface area contributed by atoms with Crippen molar-refractivity contribution in [3.05, 3.63) is 52.8 Å². The van der Waals surface area contributed by atoms with Crippen LogP contribution in [0.25, 0.3) is 0 Å². The number of aromatic nitrogens is 2. The molecular formula is C17H21N3O2. The number of carbonyl (C=O) groups is 1. The summed E-state index contributed by atoms with van der Waals surface area (Å²) >= 11 is 0. The molecule has 0 bridgehead atoms. The third-order valence-electron chi connectivity index (χ3n) is 4.22. The van der Waals surface area contributed by atoms with Crippen LogP contribution in [0.2, 0.25) is 0 Å². The number of aryl methyl sites for hydroxylation is 2. The van der Waals surface area contributed by atoms with Crippen molar-refractivity contribution < 1.29 is 9.53 Å². The van der Waals surface area contributed by atoms with Gasteiger partial charge in [0.25, 0.3) is 5.91 Å². The Balaban J connectivity index is 1.84. The molecule has 116 valence electrons. The molecule has 2 atom stereocenters. The number of amides is 1. The summed E-state index contributed by atoms with van der Waals surface area (Å²) in [6.45, 7) is 7.27. The minimum absolute atomic E-state index is 0.000133. The van der Waals surface area contributed by atoms with Gasteiger partial charge in [0.2, 0.25) is 0 Å². The van der Waals surface area contributed by atoms with E-state index < -0.39 is 0 Å². The molecule has 5 nitrogen and oxygen atoms in total. The maximum atomic E-state index is 12.6. The highest BCUT2D eigenvalue weighted by molar-refractivity contribution is 5.94. The molecule has 1 aromatic carbocycles. The first-order valence-corrected chi connectivity index (χ1v) is 7.54. The van der Waals surface area contributed by atoms with E-state index in [1.807, 2.05) is 11.8 Å². The van der Waals surface area contributed by atoms with Crippen LogP contribution in [-0.4, -0.2) is 40.2 Å². The normalized spacial score (nSPS) is 21.9. The Bertz CT molecular complexity index is 667. The van der Waals surface area contributed by atoms with Crippen LogP contribution in [-0.2, 0) is 4.74 Å². The van der Waals surface area contributed by atoms with E-state index in [9.17, 15) is 4.79 Å². The van der Waals surface area contributed by atoms with Crippen molar-refractivity contribution in [1.82, 2.24) is 15.1 Å². The number of benzene rings is 1. The fraction of sp³-hybridized carbons (Fsp3) is 0.412. The summed E-state index contributed by atoms with van der Waals surface area (Å²) in [5.74, 6) is -0.000133. The molecule has 5 heteroatoms. The summed E-state index contributed by atoms with van der Waals surface area (Å²) in [6, 6.07) is 6.41. The third kappa shape index (κ3) is 2.76. The van der Waals surface area contributed by atoms with E-state index >= 15 is 0 Å². The highest BCUT2D eigenvalue weighted by Gasteiger charge is 2.32. The lowest BCUT2D eigenvalue weighted by Crippen LogP contribution is -2.48. The lowest BCUT2D eigenvalue weighted by Gasteiger charge is -2.38. The average molecular weight is 299 g/mol. The van der Waals surface area contributed by atoms with Gasteiger partial charge in [-0.1, -0.05) is 23.8 Å². The summed E-state index contributed by atoms with van der Waals surface area (Å²) in [6.07, 6.45) is 3.13. The van der Waals surface area contributed by atoms with Crippen LogP contribution in [0.3, 0.4) is 0 Å².